The Morgan fingerprint density at radius 2 is 1.91 bits per heavy atom. The van der Waals surface area contributed by atoms with Crippen molar-refractivity contribution in [3.63, 3.8) is 0 Å². The number of para-hydroxylation sites is 1. The van der Waals surface area contributed by atoms with Gasteiger partial charge in [-0.3, -0.25) is 4.79 Å². The minimum Gasteiger partial charge on any atom is -0.321 e. The van der Waals surface area contributed by atoms with E-state index in [1.54, 1.807) is 28.7 Å². The Bertz CT molecular complexity index is 783. The van der Waals surface area contributed by atoms with Crippen LogP contribution in [0.2, 0.25) is 0 Å². The molecule has 5 heteroatoms. The lowest BCUT2D eigenvalue weighted by Crippen LogP contribution is -2.13. The Morgan fingerprint density at radius 3 is 2.68 bits per heavy atom. The van der Waals surface area contributed by atoms with Crippen LogP contribution in [-0.4, -0.2) is 21.9 Å². The van der Waals surface area contributed by atoms with Gasteiger partial charge in [0.1, 0.15) is 0 Å². The van der Waals surface area contributed by atoms with Gasteiger partial charge in [0.15, 0.2) is 5.69 Å². The second-order valence-electron chi connectivity index (χ2n) is 4.67. The highest BCUT2D eigenvalue weighted by Gasteiger charge is 2.10. The summed E-state index contributed by atoms with van der Waals surface area (Å²) < 4.78 is 1.69. The number of benzene rings is 2. The third-order valence-electron chi connectivity index (χ3n) is 3.17. The number of carbonyl (C=O) groups is 1. The largest absolute Gasteiger partial charge is 0.321 e. The molecule has 1 N–H and O–H groups in total. The molecular formula is C17H15N3OS. The highest BCUT2D eigenvalue weighted by Crippen LogP contribution is 2.19. The molecule has 3 aromatic rings. The molecule has 0 saturated carbocycles. The zero-order chi connectivity index (χ0) is 15.4. The molecular weight excluding hydrogens is 294 g/mol. The molecule has 110 valence electrons. The predicted molar refractivity (Wildman–Crippen MR) is 89.7 cm³/mol. The summed E-state index contributed by atoms with van der Waals surface area (Å²) in [5.41, 5.74) is 2.08. The Morgan fingerprint density at radius 1 is 1.09 bits per heavy atom. The summed E-state index contributed by atoms with van der Waals surface area (Å²) in [6, 6.07) is 19.1. The summed E-state index contributed by atoms with van der Waals surface area (Å²) in [4.78, 5) is 13.4. The Balaban J connectivity index is 1.77. The lowest BCUT2D eigenvalue weighted by atomic mass is 10.3. The van der Waals surface area contributed by atoms with Crippen LogP contribution in [0.25, 0.3) is 5.69 Å². The number of amides is 1. The fourth-order valence-electron chi connectivity index (χ4n) is 2.07. The average Bonchev–Trinajstić information content (AvgIpc) is 3.06. The Kier molecular flexibility index (Phi) is 4.25. The number of rotatable bonds is 4. The van der Waals surface area contributed by atoms with Gasteiger partial charge in [-0.15, -0.1) is 11.8 Å². The van der Waals surface area contributed by atoms with Crippen molar-refractivity contribution < 1.29 is 4.79 Å². The number of aromatic nitrogens is 2. The summed E-state index contributed by atoms with van der Waals surface area (Å²) in [5.74, 6) is -0.215. The van der Waals surface area contributed by atoms with E-state index in [0.717, 1.165) is 16.3 Å². The quantitative estimate of drug-likeness (QED) is 0.745. The third-order valence-corrected chi connectivity index (χ3v) is 3.90. The van der Waals surface area contributed by atoms with E-state index in [1.165, 1.54) is 0 Å². The number of hydrogen-bond acceptors (Lipinski definition) is 3. The van der Waals surface area contributed by atoms with E-state index >= 15 is 0 Å². The number of hydrogen-bond donors (Lipinski definition) is 1. The van der Waals surface area contributed by atoms with Crippen molar-refractivity contribution in [1.29, 1.82) is 0 Å². The zero-order valence-corrected chi connectivity index (χ0v) is 12.9. The van der Waals surface area contributed by atoms with Gasteiger partial charge in [0.2, 0.25) is 0 Å². The number of nitrogens with zero attached hydrogens (tertiary/aromatic N) is 2. The van der Waals surface area contributed by atoms with Gasteiger partial charge in [-0.25, -0.2) is 4.68 Å². The zero-order valence-electron chi connectivity index (χ0n) is 12.1. The van der Waals surface area contributed by atoms with Gasteiger partial charge in [-0.05, 0) is 42.7 Å². The normalized spacial score (nSPS) is 10.4. The summed E-state index contributed by atoms with van der Waals surface area (Å²) in [5, 5.41) is 7.19. The van der Waals surface area contributed by atoms with Crippen molar-refractivity contribution in [3.8, 4) is 5.69 Å². The lowest BCUT2D eigenvalue weighted by molar-refractivity contribution is 0.102. The third kappa shape index (κ3) is 3.20. The van der Waals surface area contributed by atoms with E-state index in [9.17, 15) is 4.79 Å². The minimum atomic E-state index is -0.215. The van der Waals surface area contributed by atoms with Crippen LogP contribution >= 0.6 is 11.8 Å². The van der Waals surface area contributed by atoms with E-state index in [0.29, 0.717) is 5.69 Å². The molecule has 0 saturated heterocycles. The van der Waals surface area contributed by atoms with Gasteiger partial charge in [0, 0.05) is 16.8 Å². The number of thioether (sulfide) groups is 1. The van der Waals surface area contributed by atoms with Gasteiger partial charge in [0.25, 0.3) is 5.91 Å². The van der Waals surface area contributed by atoms with Crippen LogP contribution in [0.15, 0.2) is 71.8 Å². The SMILES string of the molecule is CSc1cccc(NC(=O)c2ccn(-c3ccccc3)n2)c1. The molecule has 0 radical (unpaired) electrons. The van der Waals surface area contributed by atoms with Gasteiger partial charge < -0.3 is 5.32 Å². The number of nitrogens with one attached hydrogen (secondary N) is 1. The van der Waals surface area contributed by atoms with Crippen LogP contribution in [0, 0.1) is 0 Å². The molecule has 22 heavy (non-hydrogen) atoms. The van der Waals surface area contributed by atoms with Crippen molar-refractivity contribution in [2.24, 2.45) is 0 Å². The molecule has 2 aromatic carbocycles. The monoisotopic (exact) mass is 309 g/mol. The molecule has 0 unspecified atom stereocenters. The number of anilines is 1. The van der Waals surface area contributed by atoms with E-state index in [-0.39, 0.29) is 5.91 Å². The van der Waals surface area contributed by atoms with Crippen molar-refractivity contribution in [2.75, 3.05) is 11.6 Å². The first kappa shape index (κ1) is 14.4. The fourth-order valence-corrected chi connectivity index (χ4v) is 2.52. The standard InChI is InChI=1S/C17H15N3OS/c1-22-15-9-5-6-13(12-15)18-17(21)16-10-11-20(19-16)14-7-3-2-4-8-14/h2-12H,1H3,(H,18,21). The van der Waals surface area contributed by atoms with E-state index in [4.69, 9.17) is 0 Å². The van der Waals surface area contributed by atoms with E-state index in [2.05, 4.69) is 10.4 Å². The second-order valence-corrected chi connectivity index (χ2v) is 5.55. The van der Waals surface area contributed by atoms with Gasteiger partial charge in [-0.1, -0.05) is 24.3 Å². The Hall–Kier alpha value is -2.53. The summed E-state index contributed by atoms with van der Waals surface area (Å²) in [6.45, 7) is 0. The molecule has 1 heterocycles. The molecule has 0 spiro atoms. The highest BCUT2D eigenvalue weighted by atomic mass is 32.2. The van der Waals surface area contributed by atoms with Gasteiger partial charge in [-0.2, -0.15) is 5.10 Å². The maximum atomic E-state index is 12.3. The molecule has 0 aliphatic carbocycles. The molecule has 0 aliphatic rings. The lowest BCUT2D eigenvalue weighted by Gasteiger charge is -2.05. The summed E-state index contributed by atoms with van der Waals surface area (Å²) in [7, 11) is 0. The first-order valence-electron chi connectivity index (χ1n) is 6.83. The number of carbonyl (C=O) groups excluding carboxylic acids is 1. The van der Waals surface area contributed by atoms with Crippen molar-refractivity contribution >= 4 is 23.4 Å². The van der Waals surface area contributed by atoms with E-state index < -0.39 is 0 Å². The van der Waals surface area contributed by atoms with Crippen molar-refractivity contribution in [3.05, 3.63) is 72.6 Å². The molecule has 0 aliphatic heterocycles. The van der Waals surface area contributed by atoms with Crippen LogP contribution < -0.4 is 5.32 Å². The smallest absolute Gasteiger partial charge is 0.276 e. The van der Waals surface area contributed by atoms with E-state index in [1.807, 2.05) is 60.9 Å². The van der Waals surface area contributed by atoms with Gasteiger partial charge >= 0.3 is 0 Å². The van der Waals surface area contributed by atoms with Crippen LogP contribution in [0.3, 0.4) is 0 Å². The molecule has 0 fully saturated rings. The van der Waals surface area contributed by atoms with Crippen molar-refractivity contribution in [1.82, 2.24) is 9.78 Å². The Labute approximate surface area is 133 Å². The maximum absolute atomic E-state index is 12.3. The summed E-state index contributed by atoms with van der Waals surface area (Å²) in [6.07, 6.45) is 3.78. The summed E-state index contributed by atoms with van der Waals surface area (Å²) >= 11 is 1.64. The average molecular weight is 309 g/mol. The first-order chi connectivity index (χ1) is 10.8. The molecule has 0 bridgehead atoms. The van der Waals surface area contributed by atoms with Crippen LogP contribution in [-0.2, 0) is 0 Å². The molecule has 0 atom stereocenters. The van der Waals surface area contributed by atoms with Crippen molar-refractivity contribution in [2.45, 2.75) is 4.90 Å². The van der Waals surface area contributed by atoms with Crippen LogP contribution in [0.5, 0.6) is 0 Å². The highest BCUT2D eigenvalue weighted by molar-refractivity contribution is 7.98. The van der Waals surface area contributed by atoms with Crippen LogP contribution in [0.1, 0.15) is 10.5 Å². The topological polar surface area (TPSA) is 46.9 Å². The van der Waals surface area contributed by atoms with Crippen LogP contribution in [0.4, 0.5) is 5.69 Å². The maximum Gasteiger partial charge on any atom is 0.276 e. The minimum absolute atomic E-state index is 0.215. The first-order valence-corrected chi connectivity index (χ1v) is 8.05. The molecule has 1 aromatic heterocycles. The molecule has 1 amide bonds. The predicted octanol–water partition coefficient (Wildman–Crippen LogP) is 3.85. The molecule has 3 rings (SSSR count). The molecule has 4 nitrogen and oxygen atoms in total. The second kappa shape index (κ2) is 6.49. The fraction of sp³-hybridized carbons (Fsp3) is 0.0588. The van der Waals surface area contributed by atoms with Gasteiger partial charge in [0.05, 0.1) is 5.69 Å².